The summed E-state index contributed by atoms with van der Waals surface area (Å²) >= 11 is 0. The second-order valence-electron chi connectivity index (χ2n) is 10.4. The molecule has 0 N–H and O–H groups in total. The molecule has 1 aliphatic carbocycles. The molecule has 5 rings (SSSR count). The molecular formula is C26H28F4N4O2. The third-order valence-corrected chi connectivity index (χ3v) is 7.48. The van der Waals surface area contributed by atoms with Gasteiger partial charge in [0.05, 0.1) is 5.69 Å². The van der Waals surface area contributed by atoms with E-state index in [4.69, 9.17) is 4.74 Å². The standard InChI is InChI=1S/C26H28F4N4O2/c1-25(2)13-18(19-14-31-21-12-20(27)32-34(21)23(19)25)15-4-6-16(7-5-15)22(26(28,29)30)33(3)24(35)17-8-10-36-11-9-17/h4-7,12,14,17-18,22H,8-11,13H2,1-3H3/t18-,22+/m1/s1. The van der Waals surface area contributed by atoms with E-state index in [1.165, 1.54) is 29.8 Å². The van der Waals surface area contributed by atoms with Crippen molar-refractivity contribution < 1.29 is 27.1 Å². The zero-order chi connectivity index (χ0) is 25.8. The largest absolute Gasteiger partial charge is 0.413 e. The van der Waals surface area contributed by atoms with Crippen LogP contribution in [-0.4, -0.2) is 51.8 Å². The van der Waals surface area contributed by atoms with E-state index >= 15 is 0 Å². The van der Waals surface area contributed by atoms with Crippen molar-refractivity contribution in [1.82, 2.24) is 19.5 Å². The van der Waals surface area contributed by atoms with Crippen LogP contribution in [0.1, 0.15) is 67.5 Å². The number of carbonyl (C=O) groups excluding carboxylic acids is 1. The number of nitrogens with zero attached hydrogens (tertiary/aromatic N) is 4. The highest BCUT2D eigenvalue weighted by molar-refractivity contribution is 5.79. The SMILES string of the molecule is CN(C(=O)C1CCOCC1)[C@@H](c1ccc([C@H]2CC(C)(C)c3c2cnc2cc(F)nn32)cc1)C(F)(F)F. The maximum atomic E-state index is 14.2. The van der Waals surface area contributed by atoms with Gasteiger partial charge in [0.1, 0.15) is 0 Å². The molecule has 10 heteroatoms. The number of ether oxygens (including phenoxy) is 1. The summed E-state index contributed by atoms with van der Waals surface area (Å²) in [5.74, 6) is -1.73. The first-order valence-corrected chi connectivity index (χ1v) is 12.0. The van der Waals surface area contributed by atoms with Crippen LogP contribution >= 0.6 is 0 Å². The van der Waals surface area contributed by atoms with Gasteiger partial charge in [0.15, 0.2) is 11.7 Å². The van der Waals surface area contributed by atoms with Crippen LogP contribution in [0.4, 0.5) is 17.6 Å². The molecule has 1 aliphatic heterocycles. The highest BCUT2D eigenvalue weighted by Crippen LogP contribution is 2.48. The number of hydrogen-bond donors (Lipinski definition) is 0. The Balaban J connectivity index is 1.46. The lowest BCUT2D eigenvalue weighted by atomic mass is 9.86. The van der Waals surface area contributed by atoms with Crippen molar-refractivity contribution in [3.8, 4) is 0 Å². The maximum absolute atomic E-state index is 14.2. The van der Waals surface area contributed by atoms with Crippen molar-refractivity contribution in [3.05, 3.63) is 64.9 Å². The molecule has 0 spiro atoms. The van der Waals surface area contributed by atoms with E-state index in [0.717, 1.165) is 21.7 Å². The number of benzene rings is 1. The van der Waals surface area contributed by atoms with E-state index in [1.54, 1.807) is 18.3 Å². The van der Waals surface area contributed by atoms with E-state index in [1.807, 2.05) is 13.8 Å². The Morgan fingerprint density at radius 1 is 1.19 bits per heavy atom. The van der Waals surface area contributed by atoms with Gasteiger partial charge in [0.25, 0.3) is 0 Å². The zero-order valence-electron chi connectivity index (χ0n) is 20.3. The van der Waals surface area contributed by atoms with Gasteiger partial charge in [-0.3, -0.25) is 4.79 Å². The van der Waals surface area contributed by atoms with Gasteiger partial charge in [-0.25, -0.2) is 9.50 Å². The number of hydrogen-bond acceptors (Lipinski definition) is 4. The third-order valence-electron chi connectivity index (χ3n) is 7.48. The molecule has 0 radical (unpaired) electrons. The van der Waals surface area contributed by atoms with Crippen LogP contribution in [0.25, 0.3) is 5.65 Å². The Morgan fingerprint density at radius 2 is 1.86 bits per heavy atom. The van der Waals surface area contributed by atoms with Crippen molar-refractivity contribution in [2.24, 2.45) is 5.92 Å². The van der Waals surface area contributed by atoms with Gasteiger partial charge in [0.2, 0.25) is 11.9 Å². The van der Waals surface area contributed by atoms with Crippen LogP contribution in [-0.2, 0) is 14.9 Å². The molecule has 0 saturated carbocycles. The van der Waals surface area contributed by atoms with E-state index in [-0.39, 0.29) is 16.9 Å². The highest BCUT2D eigenvalue weighted by atomic mass is 19.4. The number of aromatic nitrogens is 3. The minimum atomic E-state index is -4.63. The normalized spacial score (nSPS) is 20.9. The minimum Gasteiger partial charge on any atom is -0.381 e. The number of halogens is 4. The predicted molar refractivity (Wildman–Crippen MR) is 124 cm³/mol. The Morgan fingerprint density at radius 3 is 2.50 bits per heavy atom. The highest BCUT2D eigenvalue weighted by Gasteiger charge is 2.46. The van der Waals surface area contributed by atoms with Gasteiger partial charge in [-0.05, 0) is 30.4 Å². The van der Waals surface area contributed by atoms with Gasteiger partial charge in [-0.15, -0.1) is 5.10 Å². The van der Waals surface area contributed by atoms with Crippen LogP contribution in [0, 0.1) is 11.9 Å². The molecule has 192 valence electrons. The summed E-state index contributed by atoms with van der Waals surface area (Å²) in [6.45, 7) is 4.83. The Hall–Kier alpha value is -3.01. The Bertz CT molecular complexity index is 1280. The first-order valence-electron chi connectivity index (χ1n) is 12.0. The van der Waals surface area contributed by atoms with Crippen molar-refractivity contribution in [1.29, 1.82) is 0 Å². The third kappa shape index (κ3) is 4.25. The van der Waals surface area contributed by atoms with E-state index < -0.39 is 30.0 Å². The van der Waals surface area contributed by atoms with Crippen LogP contribution in [0.2, 0.25) is 0 Å². The number of carbonyl (C=O) groups is 1. The number of amides is 1. The summed E-state index contributed by atoms with van der Waals surface area (Å²) in [5.41, 5.74) is 2.64. The number of fused-ring (bicyclic) bond motifs is 3. The monoisotopic (exact) mass is 504 g/mol. The van der Waals surface area contributed by atoms with Gasteiger partial charge in [-0.1, -0.05) is 38.1 Å². The molecule has 1 fully saturated rings. The molecule has 1 aromatic carbocycles. The Kier molecular flexibility index (Phi) is 6.05. The molecule has 2 aliphatic rings. The lowest BCUT2D eigenvalue weighted by Crippen LogP contribution is -2.43. The van der Waals surface area contributed by atoms with Crippen LogP contribution in [0.5, 0.6) is 0 Å². The fourth-order valence-corrected chi connectivity index (χ4v) is 5.77. The number of alkyl halides is 3. The maximum Gasteiger partial charge on any atom is 0.413 e. The molecule has 1 amide bonds. The first kappa shape index (κ1) is 24.7. The van der Waals surface area contributed by atoms with Crippen molar-refractivity contribution in [2.75, 3.05) is 20.3 Å². The quantitative estimate of drug-likeness (QED) is 0.460. The molecule has 3 aromatic rings. The van der Waals surface area contributed by atoms with Crippen LogP contribution < -0.4 is 0 Å². The summed E-state index contributed by atoms with van der Waals surface area (Å²) in [6.07, 6.45) is -1.40. The molecule has 1 saturated heterocycles. The second kappa shape index (κ2) is 8.83. The topological polar surface area (TPSA) is 59.7 Å². The predicted octanol–water partition coefficient (Wildman–Crippen LogP) is 5.17. The van der Waals surface area contributed by atoms with Gasteiger partial charge >= 0.3 is 6.18 Å². The van der Waals surface area contributed by atoms with E-state index in [2.05, 4.69) is 10.1 Å². The van der Waals surface area contributed by atoms with E-state index in [9.17, 15) is 22.4 Å². The van der Waals surface area contributed by atoms with Gasteiger partial charge in [0, 0.05) is 55.3 Å². The van der Waals surface area contributed by atoms with Crippen molar-refractivity contribution in [2.45, 2.75) is 56.7 Å². The van der Waals surface area contributed by atoms with Crippen LogP contribution in [0.3, 0.4) is 0 Å². The molecule has 0 bridgehead atoms. The summed E-state index contributed by atoms with van der Waals surface area (Å²) < 4.78 is 63.1. The first-order chi connectivity index (χ1) is 17.0. The van der Waals surface area contributed by atoms with Crippen LogP contribution in [0.15, 0.2) is 36.5 Å². The molecular weight excluding hydrogens is 476 g/mol. The summed E-state index contributed by atoms with van der Waals surface area (Å²) in [5, 5.41) is 3.96. The smallest absolute Gasteiger partial charge is 0.381 e. The fourth-order valence-electron chi connectivity index (χ4n) is 5.77. The Labute approximate surface area is 206 Å². The average molecular weight is 505 g/mol. The molecule has 0 unspecified atom stereocenters. The fraction of sp³-hybridized carbons (Fsp3) is 0.500. The summed E-state index contributed by atoms with van der Waals surface area (Å²) in [7, 11) is 1.22. The number of rotatable bonds is 4. The van der Waals surface area contributed by atoms with Crippen molar-refractivity contribution >= 4 is 11.6 Å². The lowest BCUT2D eigenvalue weighted by molar-refractivity contribution is -0.191. The summed E-state index contributed by atoms with van der Waals surface area (Å²) in [6, 6.07) is 5.50. The average Bonchev–Trinajstić information content (AvgIpc) is 3.34. The summed E-state index contributed by atoms with van der Waals surface area (Å²) in [4.78, 5) is 18.0. The van der Waals surface area contributed by atoms with E-state index in [0.29, 0.717) is 38.1 Å². The molecule has 2 atom stereocenters. The molecule has 36 heavy (non-hydrogen) atoms. The van der Waals surface area contributed by atoms with Crippen molar-refractivity contribution in [3.63, 3.8) is 0 Å². The second-order valence-corrected chi connectivity index (χ2v) is 10.4. The van der Waals surface area contributed by atoms with Gasteiger partial charge in [-0.2, -0.15) is 17.6 Å². The minimum absolute atomic E-state index is 0.00867. The molecule has 3 heterocycles. The van der Waals surface area contributed by atoms with Gasteiger partial charge < -0.3 is 9.64 Å². The molecule has 6 nitrogen and oxygen atoms in total. The zero-order valence-corrected chi connectivity index (χ0v) is 20.3. The molecule has 2 aromatic heterocycles. The lowest BCUT2D eigenvalue weighted by Gasteiger charge is -2.34.